The monoisotopic (exact) mass is 266 g/mol. The Labute approximate surface area is 96.3 Å². The molecule has 1 aromatic carbocycles. The summed E-state index contributed by atoms with van der Waals surface area (Å²) >= 11 is 3.46. The van der Waals surface area contributed by atoms with Crippen molar-refractivity contribution in [2.75, 3.05) is 18.5 Å². The lowest BCUT2D eigenvalue weighted by molar-refractivity contribution is 0.311. The van der Waals surface area contributed by atoms with E-state index in [4.69, 9.17) is 5.11 Å². The van der Waals surface area contributed by atoms with Gasteiger partial charge < -0.3 is 10.4 Å². The molecular formula is C11H11BrN2O. The fourth-order valence-electron chi connectivity index (χ4n) is 1.47. The molecule has 0 aliphatic carbocycles. The minimum absolute atomic E-state index is 0.103. The molecular weight excluding hydrogens is 256 g/mol. The Hall–Kier alpha value is -1.13. The van der Waals surface area contributed by atoms with Crippen LogP contribution >= 0.6 is 15.9 Å². The molecule has 0 atom stereocenters. The first-order valence-corrected chi connectivity index (χ1v) is 5.50. The first-order chi connectivity index (χ1) is 7.33. The molecule has 0 aliphatic rings. The van der Waals surface area contributed by atoms with Crippen molar-refractivity contribution in [3.05, 3.63) is 34.9 Å². The molecule has 0 spiro atoms. The highest BCUT2D eigenvalue weighted by Crippen LogP contribution is 2.27. The van der Waals surface area contributed by atoms with Crippen LogP contribution in [0.25, 0.3) is 10.8 Å². The third-order valence-corrected chi connectivity index (χ3v) is 2.78. The van der Waals surface area contributed by atoms with Crippen molar-refractivity contribution in [1.29, 1.82) is 0 Å². The van der Waals surface area contributed by atoms with Crippen LogP contribution in [0.3, 0.4) is 0 Å². The topological polar surface area (TPSA) is 45.1 Å². The van der Waals surface area contributed by atoms with E-state index >= 15 is 0 Å². The Morgan fingerprint density at radius 3 is 2.73 bits per heavy atom. The van der Waals surface area contributed by atoms with Crippen LogP contribution in [0.2, 0.25) is 0 Å². The Bertz CT molecular complexity index is 473. The molecule has 0 amide bonds. The van der Waals surface area contributed by atoms with Crippen LogP contribution in [0.1, 0.15) is 0 Å². The van der Waals surface area contributed by atoms with Gasteiger partial charge in [0.1, 0.15) is 5.82 Å². The van der Waals surface area contributed by atoms with E-state index in [-0.39, 0.29) is 6.61 Å². The molecule has 78 valence electrons. The number of halogens is 1. The zero-order valence-electron chi connectivity index (χ0n) is 8.07. The maximum atomic E-state index is 8.75. The lowest BCUT2D eigenvalue weighted by Gasteiger charge is -2.08. The van der Waals surface area contributed by atoms with Crippen molar-refractivity contribution in [2.24, 2.45) is 0 Å². The standard InChI is InChI=1S/C11H11BrN2O/c12-10-7-14-11(13-5-6-15)9-4-2-1-3-8(9)10/h1-4,7,15H,5-6H2,(H,13,14). The average molecular weight is 267 g/mol. The fraction of sp³-hybridized carbons (Fsp3) is 0.182. The lowest BCUT2D eigenvalue weighted by Crippen LogP contribution is -2.07. The van der Waals surface area contributed by atoms with Crippen LogP contribution in [0.15, 0.2) is 34.9 Å². The van der Waals surface area contributed by atoms with Crippen LogP contribution < -0.4 is 5.32 Å². The maximum Gasteiger partial charge on any atom is 0.133 e. The quantitative estimate of drug-likeness (QED) is 0.897. The molecule has 0 unspecified atom stereocenters. The number of fused-ring (bicyclic) bond motifs is 1. The maximum absolute atomic E-state index is 8.75. The number of aliphatic hydroxyl groups excluding tert-OH is 1. The summed E-state index contributed by atoms with van der Waals surface area (Å²) in [6, 6.07) is 8.00. The molecule has 1 heterocycles. The van der Waals surface area contributed by atoms with Gasteiger partial charge >= 0.3 is 0 Å². The van der Waals surface area contributed by atoms with Crippen molar-refractivity contribution < 1.29 is 5.11 Å². The predicted molar refractivity (Wildman–Crippen MR) is 65.0 cm³/mol. The van der Waals surface area contributed by atoms with Gasteiger partial charge in [-0.2, -0.15) is 0 Å². The van der Waals surface area contributed by atoms with Gasteiger partial charge in [0.25, 0.3) is 0 Å². The van der Waals surface area contributed by atoms with Crippen LogP contribution in [-0.4, -0.2) is 23.2 Å². The van der Waals surface area contributed by atoms with Gasteiger partial charge in [-0.15, -0.1) is 0 Å². The van der Waals surface area contributed by atoms with E-state index < -0.39 is 0 Å². The number of aromatic nitrogens is 1. The normalized spacial score (nSPS) is 10.5. The second-order valence-corrected chi connectivity index (χ2v) is 4.01. The van der Waals surface area contributed by atoms with Gasteiger partial charge in [0, 0.05) is 28.0 Å². The number of nitrogens with one attached hydrogen (secondary N) is 1. The average Bonchev–Trinajstić information content (AvgIpc) is 2.29. The third kappa shape index (κ3) is 2.11. The van der Waals surface area contributed by atoms with E-state index in [1.54, 1.807) is 6.20 Å². The molecule has 0 radical (unpaired) electrons. The van der Waals surface area contributed by atoms with Crippen LogP contribution in [0.5, 0.6) is 0 Å². The number of aliphatic hydroxyl groups is 1. The number of benzene rings is 1. The van der Waals surface area contributed by atoms with E-state index in [9.17, 15) is 0 Å². The van der Waals surface area contributed by atoms with Gasteiger partial charge in [0.05, 0.1) is 6.61 Å². The van der Waals surface area contributed by atoms with E-state index in [0.717, 1.165) is 21.1 Å². The first-order valence-electron chi connectivity index (χ1n) is 4.71. The van der Waals surface area contributed by atoms with Crippen molar-refractivity contribution >= 4 is 32.5 Å². The summed E-state index contributed by atoms with van der Waals surface area (Å²) in [6.45, 7) is 0.616. The molecule has 3 nitrogen and oxygen atoms in total. The molecule has 0 saturated heterocycles. The highest BCUT2D eigenvalue weighted by molar-refractivity contribution is 9.10. The zero-order chi connectivity index (χ0) is 10.7. The number of nitrogens with zero attached hydrogens (tertiary/aromatic N) is 1. The SMILES string of the molecule is OCCNc1ncc(Br)c2ccccc12. The number of hydrogen-bond acceptors (Lipinski definition) is 3. The first kappa shape index (κ1) is 10.4. The number of anilines is 1. The molecule has 1 aromatic heterocycles. The van der Waals surface area contributed by atoms with Crippen LogP contribution in [-0.2, 0) is 0 Å². The number of rotatable bonds is 3. The molecule has 4 heteroatoms. The summed E-state index contributed by atoms with van der Waals surface area (Å²) < 4.78 is 0.979. The summed E-state index contributed by atoms with van der Waals surface area (Å²) in [4.78, 5) is 4.27. The van der Waals surface area contributed by atoms with Gasteiger partial charge in [-0.3, -0.25) is 0 Å². The second-order valence-electron chi connectivity index (χ2n) is 3.15. The highest BCUT2D eigenvalue weighted by Gasteiger charge is 2.03. The Morgan fingerprint density at radius 1 is 1.27 bits per heavy atom. The Morgan fingerprint density at radius 2 is 2.00 bits per heavy atom. The summed E-state index contributed by atoms with van der Waals surface area (Å²) in [5.74, 6) is 0.808. The number of pyridine rings is 1. The minimum Gasteiger partial charge on any atom is -0.395 e. The van der Waals surface area contributed by atoms with Gasteiger partial charge in [0.15, 0.2) is 0 Å². The minimum atomic E-state index is 0.103. The molecule has 2 aromatic rings. The van der Waals surface area contributed by atoms with E-state index in [1.165, 1.54) is 0 Å². The summed E-state index contributed by atoms with van der Waals surface area (Å²) in [6.07, 6.45) is 1.77. The van der Waals surface area contributed by atoms with Crippen molar-refractivity contribution in [3.8, 4) is 0 Å². The summed E-state index contributed by atoms with van der Waals surface area (Å²) in [5, 5.41) is 14.0. The third-order valence-electron chi connectivity index (χ3n) is 2.15. The largest absolute Gasteiger partial charge is 0.395 e. The smallest absolute Gasteiger partial charge is 0.133 e. The fourth-order valence-corrected chi connectivity index (χ4v) is 1.92. The highest BCUT2D eigenvalue weighted by atomic mass is 79.9. The summed E-state index contributed by atoms with van der Waals surface area (Å²) in [7, 11) is 0. The molecule has 0 bridgehead atoms. The van der Waals surface area contributed by atoms with Crippen LogP contribution in [0.4, 0.5) is 5.82 Å². The van der Waals surface area contributed by atoms with Crippen LogP contribution in [0, 0.1) is 0 Å². The van der Waals surface area contributed by atoms with Gasteiger partial charge in [0.2, 0.25) is 0 Å². The van der Waals surface area contributed by atoms with Crippen molar-refractivity contribution in [3.63, 3.8) is 0 Å². The molecule has 2 N–H and O–H groups in total. The molecule has 0 aliphatic heterocycles. The van der Waals surface area contributed by atoms with Gasteiger partial charge in [-0.25, -0.2) is 4.98 Å². The van der Waals surface area contributed by atoms with Gasteiger partial charge in [-0.05, 0) is 15.9 Å². The molecule has 0 saturated carbocycles. The molecule has 0 fully saturated rings. The predicted octanol–water partition coefficient (Wildman–Crippen LogP) is 2.40. The second kappa shape index (κ2) is 4.59. The Balaban J connectivity index is 2.51. The van der Waals surface area contributed by atoms with E-state index in [2.05, 4.69) is 26.2 Å². The van der Waals surface area contributed by atoms with Crippen molar-refractivity contribution in [1.82, 2.24) is 4.98 Å². The van der Waals surface area contributed by atoms with E-state index in [1.807, 2.05) is 24.3 Å². The van der Waals surface area contributed by atoms with Gasteiger partial charge in [-0.1, -0.05) is 24.3 Å². The van der Waals surface area contributed by atoms with E-state index in [0.29, 0.717) is 6.54 Å². The van der Waals surface area contributed by atoms with Crippen molar-refractivity contribution in [2.45, 2.75) is 0 Å². The number of hydrogen-bond donors (Lipinski definition) is 2. The molecule has 15 heavy (non-hydrogen) atoms. The molecule has 2 rings (SSSR count). The summed E-state index contributed by atoms with van der Waals surface area (Å²) in [5.41, 5.74) is 0. The zero-order valence-corrected chi connectivity index (χ0v) is 9.66. The lowest BCUT2D eigenvalue weighted by atomic mass is 10.1. The Kier molecular flexibility index (Phi) is 3.18.